The van der Waals surface area contributed by atoms with E-state index in [1.165, 1.54) is 30.3 Å². The summed E-state index contributed by atoms with van der Waals surface area (Å²) in [7, 11) is -4.00. The van der Waals surface area contributed by atoms with Crippen LogP contribution in [0.15, 0.2) is 77.7 Å². The molecule has 0 heterocycles. The summed E-state index contributed by atoms with van der Waals surface area (Å²) in [5.74, 6) is -0.717. The number of hydrogen-bond donors (Lipinski definition) is 4. The first-order chi connectivity index (χ1) is 16.5. The minimum Gasteiger partial charge on any atom is -0.328 e. The number of sulfonamides is 1. The monoisotopic (exact) mass is 494 g/mol. The summed E-state index contributed by atoms with van der Waals surface area (Å²) in [4.78, 5) is 35.6. The fourth-order valence-corrected chi connectivity index (χ4v) is 4.10. The van der Waals surface area contributed by atoms with Crippen LogP contribution in [0.5, 0.6) is 0 Å². The van der Waals surface area contributed by atoms with Crippen LogP contribution in [0, 0.1) is 5.41 Å². The first-order valence-electron chi connectivity index (χ1n) is 10.6. The topological polar surface area (TPSA) is 133 Å². The second-order valence-electron chi connectivity index (χ2n) is 8.68. The first-order valence-corrected chi connectivity index (χ1v) is 12.1. The Morgan fingerprint density at radius 1 is 0.800 bits per heavy atom. The number of benzene rings is 3. The Morgan fingerprint density at radius 2 is 1.43 bits per heavy atom. The van der Waals surface area contributed by atoms with Gasteiger partial charge in [0, 0.05) is 16.8 Å². The van der Waals surface area contributed by atoms with Gasteiger partial charge >= 0.3 is 0 Å². The molecular formula is C25H26N4O5S. The molecule has 3 aromatic rings. The molecule has 0 unspecified atom stereocenters. The molecular weight excluding hydrogens is 468 g/mol. The van der Waals surface area contributed by atoms with Gasteiger partial charge in [-0.2, -0.15) is 0 Å². The van der Waals surface area contributed by atoms with Crippen molar-refractivity contribution in [1.29, 1.82) is 0 Å². The van der Waals surface area contributed by atoms with Gasteiger partial charge in [0.2, 0.25) is 12.3 Å². The van der Waals surface area contributed by atoms with E-state index in [4.69, 9.17) is 0 Å². The Bertz CT molecular complexity index is 1360. The second-order valence-corrected chi connectivity index (χ2v) is 10.4. The molecule has 10 heteroatoms. The van der Waals surface area contributed by atoms with Crippen LogP contribution in [0.3, 0.4) is 0 Å². The summed E-state index contributed by atoms with van der Waals surface area (Å²) in [6, 6.07) is 18.6. The average molecular weight is 495 g/mol. The third-order valence-electron chi connectivity index (χ3n) is 4.84. The Hall–Kier alpha value is -4.18. The standard InChI is InChI=1S/C25H26N4O5S/c1-25(2,3)24(32)28-17-8-6-10-19(14-17)29-35(33,34)20-11-7-9-18(15-20)27-23(31)21-12-4-5-13-22(21)26-16-30/h4-16,29H,1-3H3,(H,26,30)(H,27,31)(H,28,32). The minimum atomic E-state index is -4.00. The molecule has 3 aromatic carbocycles. The predicted octanol–water partition coefficient (Wildman–Crippen LogP) is 4.29. The zero-order valence-electron chi connectivity index (χ0n) is 19.5. The fraction of sp³-hybridized carbons (Fsp3) is 0.160. The highest BCUT2D eigenvalue weighted by molar-refractivity contribution is 7.92. The molecule has 0 saturated carbocycles. The number of anilines is 4. The average Bonchev–Trinajstić information content (AvgIpc) is 2.79. The van der Waals surface area contributed by atoms with E-state index >= 15 is 0 Å². The number of para-hydroxylation sites is 1. The normalized spacial score (nSPS) is 11.3. The van der Waals surface area contributed by atoms with E-state index in [0.717, 1.165) is 0 Å². The summed E-state index contributed by atoms with van der Waals surface area (Å²) in [5, 5.41) is 7.86. The molecule has 3 rings (SSSR count). The summed E-state index contributed by atoms with van der Waals surface area (Å²) in [5.41, 5.74) is 0.909. The van der Waals surface area contributed by atoms with Crippen LogP contribution in [0.4, 0.5) is 22.7 Å². The quantitative estimate of drug-likeness (QED) is 0.347. The lowest BCUT2D eigenvalue weighted by atomic mass is 9.95. The van der Waals surface area contributed by atoms with Crippen molar-refractivity contribution in [2.75, 3.05) is 20.7 Å². The lowest BCUT2D eigenvalue weighted by Crippen LogP contribution is -2.27. The van der Waals surface area contributed by atoms with E-state index in [9.17, 15) is 22.8 Å². The van der Waals surface area contributed by atoms with Gasteiger partial charge in [0.1, 0.15) is 0 Å². The van der Waals surface area contributed by atoms with Crippen molar-refractivity contribution in [2.45, 2.75) is 25.7 Å². The SMILES string of the molecule is CC(C)(C)C(=O)Nc1cccc(NS(=O)(=O)c2cccc(NC(=O)c3ccccc3NC=O)c2)c1. The van der Waals surface area contributed by atoms with Gasteiger partial charge in [-0.25, -0.2) is 8.42 Å². The molecule has 0 aromatic heterocycles. The van der Waals surface area contributed by atoms with Crippen LogP contribution in [0.1, 0.15) is 31.1 Å². The van der Waals surface area contributed by atoms with Gasteiger partial charge in [0.25, 0.3) is 15.9 Å². The lowest BCUT2D eigenvalue weighted by molar-refractivity contribution is -0.123. The summed E-state index contributed by atoms with van der Waals surface area (Å²) < 4.78 is 28.4. The number of hydrogen-bond acceptors (Lipinski definition) is 5. The molecule has 0 atom stereocenters. The largest absolute Gasteiger partial charge is 0.328 e. The molecule has 9 nitrogen and oxygen atoms in total. The van der Waals surface area contributed by atoms with Crippen molar-refractivity contribution in [1.82, 2.24) is 0 Å². The molecule has 35 heavy (non-hydrogen) atoms. The molecule has 0 spiro atoms. The molecule has 0 bridgehead atoms. The van der Waals surface area contributed by atoms with Crippen LogP contribution < -0.4 is 20.7 Å². The highest BCUT2D eigenvalue weighted by atomic mass is 32.2. The van der Waals surface area contributed by atoms with Crippen molar-refractivity contribution < 1.29 is 22.8 Å². The highest BCUT2D eigenvalue weighted by Crippen LogP contribution is 2.24. The van der Waals surface area contributed by atoms with E-state index in [1.54, 1.807) is 63.2 Å². The summed E-state index contributed by atoms with van der Waals surface area (Å²) in [6.07, 6.45) is 0.467. The van der Waals surface area contributed by atoms with E-state index < -0.39 is 21.3 Å². The molecule has 0 aliphatic rings. The Balaban J connectivity index is 1.78. The Morgan fingerprint density at radius 3 is 2.11 bits per heavy atom. The maximum Gasteiger partial charge on any atom is 0.261 e. The van der Waals surface area contributed by atoms with E-state index in [2.05, 4.69) is 20.7 Å². The lowest BCUT2D eigenvalue weighted by Gasteiger charge is -2.18. The number of amides is 3. The molecule has 4 N–H and O–H groups in total. The van der Waals surface area contributed by atoms with Crippen LogP contribution in [-0.2, 0) is 19.6 Å². The molecule has 0 aliphatic carbocycles. The number of carbonyl (C=O) groups excluding carboxylic acids is 3. The van der Waals surface area contributed by atoms with Gasteiger partial charge in [0.15, 0.2) is 0 Å². The van der Waals surface area contributed by atoms with Gasteiger partial charge in [-0.15, -0.1) is 0 Å². The third-order valence-corrected chi connectivity index (χ3v) is 6.22. The number of nitrogens with one attached hydrogen (secondary N) is 4. The zero-order valence-corrected chi connectivity index (χ0v) is 20.3. The van der Waals surface area contributed by atoms with Crippen LogP contribution in [0.2, 0.25) is 0 Å². The molecule has 3 amide bonds. The van der Waals surface area contributed by atoms with E-state index in [1.807, 2.05) is 0 Å². The summed E-state index contributed by atoms with van der Waals surface area (Å²) in [6.45, 7) is 5.33. The van der Waals surface area contributed by atoms with Gasteiger partial charge in [-0.1, -0.05) is 45.0 Å². The van der Waals surface area contributed by atoms with Crippen LogP contribution >= 0.6 is 0 Å². The van der Waals surface area contributed by atoms with Crippen LogP contribution in [0.25, 0.3) is 0 Å². The molecule has 182 valence electrons. The summed E-state index contributed by atoms with van der Waals surface area (Å²) >= 11 is 0. The van der Waals surface area contributed by atoms with E-state index in [-0.39, 0.29) is 27.7 Å². The first kappa shape index (κ1) is 25.4. The van der Waals surface area contributed by atoms with Crippen molar-refractivity contribution in [3.8, 4) is 0 Å². The highest BCUT2D eigenvalue weighted by Gasteiger charge is 2.22. The van der Waals surface area contributed by atoms with Crippen molar-refractivity contribution in [2.24, 2.45) is 5.41 Å². The fourth-order valence-electron chi connectivity index (χ4n) is 3.00. The molecule has 0 radical (unpaired) electrons. The zero-order chi connectivity index (χ0) is 25.6. The van der Waals surface area contributed by atoms with E-state index in [0.29, 0.717) is 17.8 Å². The van der Waals surface area contributed by atoms with Crippen molar-refractivity contribution in [3.05, 3.63) is 78.4 Å². The van der Waals surface area contributed by atoms with Crippen LogP contribution in [-0.4, -0.2) is 26.6 Å². The smallest absolute Gasteiger partial charge is 0.261 e. The van der Waals surface area contributed by atoms with Gasteiger partial charge < -0.3 is 16.0 Å². The van der Waals surface area contributed by atoms with Gasteiger partial charge in [-0.3, -0.25) is 19.1 Å². The Labute approximate surface area is 204 Å². The van der Waals surface area contributed by atoms with Crippen molar-refractivity contribution >= 4 is 51.0 Å². The molecule has 0 fully saturated rings. The molecule has 0 saturated heterocycles. The predicted molar refractivity (Wildman–Crippen MR) is 136 cm³/mol. The molecule has 0 aliphatic heterocycles. The van der Waals surface area contributed by atoms with Gasteiger partial charge in [-0.05, 0) is 48.5 Å². The number of rotatable bonds is 8. The van der Waals surface area contributed by atoms with Crippen molar-refractivity contribution in [3.63, 3.8) is 0 Å². The maximum absolute atomic E-state index is 13.0. The number of carbonyl (C=O) groups is 3. The van der Waals surface area contributed by atoms with Gasteiger partial charge in [0.05, 0.1) is 21.8 Å². The minimum absolute atomic E-state index is 0.0706. The third kappa shape index (κ3) is 6.67. The second kappa shape index (κ2) is 10.4. The maximum atomic E-state index is 13.0. The Kier molecular flexibility index (Phi) is 7.55.